The van der Waals surface area contributed by atoms with E-state index in [-0.39, 0.29) is 66.3 Å². The molecule has 12 atom stereocenters. The van der Waals surface area contributed by atoms with Gasteiger partial charge in [-0.1, -0.05) is 31.7 Å². The van der Waals surface area contributed by atoms with Gasteiger partial charge in [-0.05, 0) is 138 Å². The van der Waals surface area contributed by atoms with Gasteiger partial charge in [-0.15, -0.1) is 0 Å². The highest BCUT2D eigenvalue weighted by molar-refractivity contribution is 5.99. The molecule has 68 heavy (non-hydrogen) atoms. The van der Waals surface area contributed by atoms with E-state index in [2.05, 4.69) is 33.9 Å². The highest BCUT2D eigenvalue weighted by atomic mass is 16.5. The Morgan fingerprint density at radius 3 is 1.85 bits per heavy atom. The zero-order valence-corrected chi connectivity index (χ0v) is 37.9. The summed E-state index contributed by atoms with van der Waals surface area (Å²) in [6.07, 6.45) is 8.84. The lowest BCUT2D eigenvalue weighted by Gasteiger charge is -2.63. The van der Waals surface area contributed by atoms with E-state index in [9.17, 15) is 40.2 Å². The number of rotatable bonds is 1. The van der Waals surface area contributed by atoms with Crippen molar-refractivity contribution in [1.29, 1.82) is 0 Å². The summed E-state index contributed by atoms with van der Waals surface area (Å²) in [5, 5.41) is 64.6. The number of phenols is 3. The van der Waals surface area contributed by atoms with E-state index in [1.165, 1.54) is 22.8 Å². The number of piperidine rings is 3. The fourth-order valence-electron chi connectivity index (χ4n) is 15.7. The number of likely N-dealkylation sites (N-methyl/N-ethyl adjacent to an activating group) is 3. The summed E-state index contributed by atoms with van der Waals surface area (Å²) >= 11 is 0. The Morgan fingerprint density at radius 1 is 0.647 bits per heavy atom. The van der Waals surface area contributed by atoms with Crippen LogP contribution in [0.5, 0.6) is 34.5 Å². The molecule has 15 rings (SSSR count). The minimum atomic E-state index is -1.44. The molecule has 6 N–H and O–H groups in total. The van der Waals surface area contributed by atoms with Gasteiger partial charge in [-0.2, -0.15) is 0 Å². The highest BCUT2D eigenvalue weighted by Gasteiger charge is 2.76. The average molecular weight is 930 g/mol. The van der Waals surface area contributed by atoms with Crippen LogP contribution in [-0.4, -0.2) is 159 Å². The molecule has 15 nitrogen and oxygen atoms in total. The number of phenolic OH excluding ortho intramolecular Hbond substituents is 3. The van der Waals surface area contributed by atoms with Crippen molar-refractivity contribution in [1.82, 2.24) is 14.7 Å². The van der Waals surface area contributed by atoms with Crippen LogP contribution in [0, 0.1) is 0 Å². The Bertz CT molecular complexity index is 2860. The van der Waals surface area contributed by atoms with E-state index >= 15 is 0 Å². The van der Waals surface area contributed by atoms with Crippen molar-refractivity contribution in [3.8, 4) is 34.5 Å². The summed E-state index contributed by atoms with van der Waals surface area (Å²) < 4.78 is 23.6. The molecule has 6 bridgehead atoms. The molecule has 3 saturated heterocycles. The van der Waals surface area contributed by atoms with Crippen LogP contribution in [0.3, 0.4) is 0 Å². The highest BCUT2D eigenvalue weighted by Crippen LogP contribution is 2.66. The fraction of sp³-hybridized carbons (Fsp3) is 0.509. The van der Waals surface area contributed by atoms with Gasteiger partial charge in [0.2, 0.25) is 0 Å². The Kier molecular flexibility index (Phi) is 9.09. The van der Waals surface area contributed by atoms with Gasteiger partial charge in [0, 0.05) is 41.2 Å². The van der Waals surface area contributed by atoms with Crippen molar-refractivity contribution in [3.63, 3.8) is 0 Å². The van der Waals surface area contributed by atoms with Crippen LogP contribution < -0.4 is 14.2 Å². The van der Waals surface area contributed by atoms with Gasteiger partial charge < -0.3 is 54.5 Å². The normalized spacial score (nSPS) is 39.4. The number of likely N-dealkylation sites (tertiary alicyclic amines) is 3. The third-order valence-corrected chi connectivity index (χ3v) is 18.7. The van der Waals surface area contributed by atoms with Gasteiger partial charge in [0.15, 0.2) is 64.4 Å². The molecular formula is C53H59N3O12. The summed E-state index contributed by atoms with van der Waals surface area (Å²) in [7, 11) is 7.85. The summed E-state index contributed by atoms with van der Waals surface area (Å²) in [6.45, 7) is 2.54. The molecule has 1 saturated carbocycles. The summed E-state index contributed by atoms with van der Waals surface area (Å²) in [6, 6.07) is 10.8. The van der Waals surface area contributed by atoms with Gasteiger partial charge in [0.05, 0.1) is 29.5 Å². The van der Waals surface area contributed by atoms with Crippen LogP contribution in [0.25, 0.3) is 0 Å². The first-order valence-electron chi connectivity index (χ1n) is 23.6. The summed E-state index contributed by atoms with van der Waals surface area (Å²) in [5.41, 5.74) is 3.12. The molecule has 6 heterocycles. The number of hydrogen-bond acceptors (Lipinski definition) is 15. The van der Waals surface area contributed by atoms with Crippen LogP contribution in [0.4, 0.5) is 0 Å². The SMILES string of the molecule is C.CN1CC[C@]23c4c5ccc(O)c4O[C@H]2C(=O)C=C[C@@]3(O)[C@H]1C5.CN1CC[C@]23c4c5ccc(O)c4O[C@H]2C(=O)CC(O)[C@@]3(O)[C@H]1C5.COC1=CC=C2[C@H]3Cc4ccc(O)c5c4[C@@]2(CCN3C)[C@H]1O5. The first-order valence-corrected chi connectivity index (χ1v) is 23.6. The number of Topliss-reactive ketones (excluding diaryl/α,β-unsaturated/α-hetero) is 1. The number of carbonyl (C=O) groups excluding carboxylic acids is 2. The number of carbonyl (C=O) groups is 2. The molecule has 12 aliphatic rings. The summed E-state index contributed by atoms with van der Waals surface area (Å²) in [5.74, 6) is 2.19. The number of nitrogens with zero attached hydrogens (tertiary/aromatic N) is 3. The van der Waals surface area contributed by atoms with Gasteiger partial charge in [-0.25, -0.2) is 0 Å². The Balaban J connectivity index is 0.000000105. The van der Waals surface area contributed by atoms with E-state index in [4.69, 9.17) is 18.9 Å². The molecular weight excluding hydrogens is 871 g/mol. The number of aliphatic hydroxyl groups is 3. The molecule has 0 amide bonds. The van der Waals surface area contributed by atoms with Gasteiger partial charge >= 0.3 is 0 Å². The molecule has 358 valence electrons. The van der Waals surface area contributed by atoms with Gasteiger partial charge in [0.1, 0.15) is 17.0 Å². The molecule has 15 heteroatoms. The minimum absolute atomic E-state index is 0. The van der Waals surface area contributed by atoms with E-state index < -0.39 is 40.3 Å². The second-order valence-corrected chi connectivity index (χ2v) is 21.1. The average Bonchev–Trinajstić information content (AvgIpc) is 3.98. The predicted octanol–water partition coefficient (Wildman–Crippen LogP) is 2.99. The van der Waals surface area contributed by atoms with Crippen molar-refractivity contribution in [3.05, 3.63) is 105 Å². The molecule has 0 aromatic heterocycles. The van der Waals surface area contributed by atoms with Crippen molar-refractivity contribution < 1.29 is 59.2 Å². The maximum absolute atomic E-state index is 12.6. The second-order valence-electron chi connectivity index (χ2n) is 21.1. The number of ether oxygens (including phenoxy) is 4. The molecule has 3 spiro atoms. The Morgan fingerprint density at radius 2 is 1.19 bits per heavy atom. The molecule has 3 aromatic carbocycles. The standard InChI is InChI=1S/C18H19NO3.C17H19NO5.C17H17NO4.CH4/c1-19-8-7-18-11-4-6-14(21-2)17(18)22-16-13(20)5-3-10(15(16)18)9-12(11)19;1-18-5-4-16-13-8-2-3-9(19)14(13)23-15(16)10(20)7-12(21)17(16,22)11(18)6-8;1-18-7-6-16-13-9-2-3-10(19)14(13)22-15(16)11(20)4-5-17(16,21)12(18)8-9;/h3-6,12,17,20H,7-9H2,1-2H3;2-3,11-12,15,19,21-22H,4-7H2,1H3;2-5,12,15,19,21H,6-8H2,1H3;1H4/t12-,17+,18+;11-,12?,15+,16+,17+;12-,15+,16+,17-;/m111./s1. The van der Waals surface area contributed by atoms with E-state index in [1.54, 1.807) is 31.4 Å². The molecule has 3 aromatic rings. The van der Waals surface area contributed by atoms with E-state index in [1.807, 2.05) is 32.3 Å². The molecule has 6 aliphatic carbocycles. The maximum Gasteiger partial charge on any atom is 0.196 e. The second kappa shape index (κ2) is 14.1. The van der Waals surface area contributed by atoms with Crippen molar-refractivity contribution in [2.45, 2.75) is 122 Å². The number of aliphatic hydroxyl groups excluding tert-OH is 1. The fourth-order valence-corrected chi connectivity index (χ4v) is 15.7. The lowest BCUT2D eigenvalue weighted by Crippen LogP contribution is -2.80. The zero-order valence-electron chi connectivity index (χ0n) is 37.9. The number of benzene rings is 3. The summed E-state index contributed by atoms with van der Waals surface area (Å²) in [4.78, 5) is 31.7. The van der Waals surface area contributed by atoms with Crippen LogP contribution in [-0.2, 0) is 49.8 Å². The Labute approximate surface area is 394 Å². The number of ketones is 2. The quantitative estimate of drug-likeness (QED) is 0.208. The Hall–Kier alpha value is -5.42. The van der Waals surface area contributed by atoms with Crippen molar-refractivity contribution in [2.75, 3.05) is 47.9 Å². The van der Waals surface area contributed by atoms with Crippen LogP contribution >= 0.6 is 0 Å². The van der Waals surface area contributed by atoms with Gasteiger partial charge in [0.25, 0.3) is 0 Å². The predicted molar refractivity (Wildman–Crippen MR) is 246 cm³/mol. The molecule has 1 unspecified atom stereocenters. The number of allylic oxidation sites excluding steroid dienone is 2. The first kappa shape index (κ1) is 43.8. The number of hydrogen-bond donors (Lipinski definition) is 6. The minimum Gasteiger partial charge on any atom is -0.504 e. The maximum atomic E-state index is 12.6. The van der Waals surface area contributed by atoms with Gasteiger partial charge in [-0.3, -0.25) is 19.4 Å². The van der Waals surface area contributed by atoms with Crippen LogP contribution in [0.1, 0.15) is 66.5 Å². The van der Waals surface area contributed by atoms with Crippen molar-refractivity contribution in [2.24, 2.45) is 0 Å². The zero-order chi connectivity index (χ0) is 46.5. The van der Waals surface area contributed by atoms with E-state index in [0.717, 1.165) is 53.9 Å². The number of methoxy groups -OCH3 is 1. The molecule has 6 aliphatic heterocycles. The third-order valence-electron chi connectivity index (χ3n) is 18.7. The largest absolute Gasteiger partial charge is 0.504 e. The lowest BCUT2D eigenvalue weighted by atomic mass is 9.48. The third kappa shape index (κ3) is 4.85. The lowest BCUT2D eigenvalue weighted by molar-refractivity contribution is -0.226. The van der Waals surface area contributed by atoms with E-state index in [0.29, 0.717) is 55.5 Å². The van der Waals surface area contributed by atoms with Crippen LogP contribution in [0.15, 0.2) is 72.0 Å². The topological polar surface area (TPSA) is 202 Å². The molecule has 0 radical (unpaired) electrons. The number of aromatic hydroxyl groups is 3. The molecule has 4 fully saturated rings. The monoisotopic (exact) mass is 929 g/mol. The first-order chi connectivity index (χ1) is 32.1. The van der Waals surface area contributed by atoms with Crippen molar-refractivity contribution >= 4 is 11.6 Å². The van der Waals surface area contributed by atoms with Crippen LogP contribution in [0.2, 0.25) is 0 Å². The smallest absolute Gasteiger partial charge is 0.196 e.